The predicted octanol–water partition coefficient (Wildman–Crippen LogP) is 5.71. The number of allylic oxidation sites excluding steroid dienone is 1. The van der Waals surface area contributed by atoms with Gasteiger partial charge in [0.25, 0.3) is 0 Å². The number of hydrogen-bond donors (Lipinski definition) is 3. The number of aliphatic carboxylic acids is 1. The standard InChI is InChI=1S/C34H35Cl2N5O6/c1-20-29(32(43)46-3)30(24-5-4-6-25(35)31(24)36)34(33(44)45,21(2)40-20)11-16-47-28(42)18-26(41-15-14-37-19-41)23-9-7-22(8-10-23)17-27-38-12-13-39-27/h4-10,12-15,19,21,26,30,40H,11,16-18H2,1-3H3,(H,38,39)(H,44,45). The third kappa shape index (κ3) is 6.91. The predicted molar refractivity (Wildman–Crippen MR) is 175 cm³/mol. The zero-order valence-corrected chi connectivity index (χ0v) is 27.6. The minimum atomic E-state index is -1.68. The molecule has 0 saturated carbocycles. The van der Waals surface area contributed by atoms with Crippen LogP contribution in [0.5, 0.6) is 0 Å². The smallest absolute Gasteiger partial charge is 0.336 e. The topological polar surface area (TPSA) is 148 Å². The van der Waals surface area contributed by atoms with Gasteiger partial charge in [0.1, 0.15) is 11.2 Å². The summed E-state index contributed by atoms with van der Waals surface area (Å²) in [4.78, 5) is 51.3. The highest BCUT2D eigenvalue weighted by Crippen LogP contribution is 2.52. The number of H-pyrrole nitrogens is 1. The van der Waals surface area contributed by atoms with E-state index in [1.165, 1.54) is 7.11 Å². The number of ether oxygens (including phenoxy) is 2. The van der Waals surface area contributed by atoms with Gasteiger partial charge in [-0.25, -0.2) is 14.8 Å². The molecule has 47 heavy (non-hydrogen) atoms. The van der Waals surface area contributed by atoms with Crippen LogP contribution in [0.3, 0.4) is 0 Å². The van der Waals surface area contributed by atoms with Crippen molar-refractivity contribution in [3.63, 3.8) is 0 Å². The number of carboxylic acids is 1. The molecule has 4 unspecified atom stereocenters. The molecule has 11 nitrogen and oxygen atoms in total. The lowest BCUT2D eigenvalue weighted by molar-refractivity contribution is -0.158. The molecule has 1 aliphatic rings. The van der Waals surface area contributed by atoms with Crippen molar-refractivity contribution in [1.82, 2.24) is 24.8 Å². The lowest BCUT2D eigenvalue weighted by Gasteiger charge is -2.47. The first-order chi connectivity index (χ1) is 22.6. The Hall–Kier alpha value is -4.61. The van der Waals surface area contributed by atoms with Gasteiger partial charge in [0, 0.05) is 55.3 Å². The fourth-order valence-electron chi connectivity index (χ4n) is 6.43. The number of aromatic amines is 1. The van der Waals surface area contributed by atoms with Crippen LogP contribution in [0.4, 0.5) is 0 Å². The van der Waals surface area contributed by atoms with Crippen molar-refractivity contribution in [3.05, 3.63) is 117 Å². The normalized spacial score (nSPS) is 19.9. The number of carboxylic acid groups (broad SMARTS) is 1. The zero-order valence-electron chi connectivity index (χ0n) is 26.1. The van der Waals surface area contributed by atoms with Crippen molar-refractivity contribution in [2.24, 2.45) is 5.41 Å². The van der Waals surface area contributed by atoms with E-state index in [4.69, 9.17) is 32.7 Å². The molecule has 3 N–H and O–H groups in total. The maximum absolute atomic E-state index is 13.4. The van der Waals surface area contributed by atoms with Gasteiger partial charge in [0.15, 0.2) is 0 Å². The molecular weight excluding hydrogens is 645 g/mol. The molecule has 0 radical (unpaired) electrons. The number of halogens is 2. The van der Waals surface area contributed by atoms with Crippen LogP contribution in [0.1, 0.15) is 61.2 Å². The summed E-state index contributed by atoms with van der Waals surface area (Å²) in [6.45, 7) is 3.15. The molecule has 4 atom stereocenters. The molecule has 0 bridgehead atoms. The van der Waals surface area contributed by atoms with E-state index in [0.717, 1.165) is 17.0 Å². The monoisotopic (exact) mass is 679 g/mol. The second-order valence-corrected chi connectivity index (χ2v) is 12.3. The summed E-state index contributed by atoms with van der Waals surface area (Å²) in [7, 11) is 1.23. The Morgan fingerprint density at radius 1 is 1.13 bits per heavy atom. The molecule has 246 valence electrons. The first-order valence-corrected chi connectivity index (χ1v) is 15.8. The van der Waals surface area contributed by atoms with E-state index < -0.39 is 41.3 Å². The summed E-state index contributed by atoms with van der Waals surface area (Å²) in [5.41, 5.74) is 1.17. The Balaban J connectivity index is 1.39. The van der Waals surface area contributed by atoms with Crippen LogP contribution in [0, 0.1) is 5.41 Å². The van der Waals surface area contributed by atoms with E-state index >= 15 is 0 Å². The Labute approximate surface area is 281 Å². The molecule has 2 aromatic heterocycles. The summed E-state index contributed by atoms with van der Waals surface area (Å²) in [6.07, 6.45) is 8.98. The largest absolute Gasteiger partial charge is 0.481 e. The molecule has 0 spiro atoms. The van der Waals surface area contributed by atoms with Crippen LogP contribution in [0.25, 0.3) is 0 Å². The van der Waals surface area contributed by atoms with Gasteiger partial charge in [-0.15, -0.1) is 0 Å². The first-order valence-electron chi connectivity index (χ1n) is 15.0. The van der Waals surface area contributed by atoms with E-state index in [2.05, 4.69) is 20.3 Å². The molecule has 1 aliphatic heterocycles. The third-order valence-corrected chi connectivity index (χ3v) is 9.66. The summed E-state index contributed by atoms with van der Waals surface area (Å²) >= 11 is 13.0. The molecule has 0 fully saturated rings. The quantitative estimate of drug-likeness (QED) is 0.160. The number of benzene rings is 2. The Morgan fingerprint density at radius 2 is 1.89 bits per heavy atom. The maximum Gasteiger partial charge on any atom is 0.336 e. The maximum atomic E-state index is 13.4. The summed E-state index contributed by atoms with van der Waals surface area (Å²) in [5, 5.41) is 14.3. The molecule has 0 saturated heterocycles. The SMILES string of the molecule is COC(=O)C1=C(C)NC(C)C(CCOC(=O)CC(c2ccc(Cc3ncc[nH]3)cc2)n2ccnc2)(C(=O)O)C1c1cccc(Cl)c1Cl. The minimum absolute atomic E-state index is 0.0300. The van der Waals surface area contributed by atoms with Crippen LogP contribution < -0.4 is 5.32 Å². The van der Waals surface area contributed by atoms with Crippen molar-refractivity contribution in [1.29, 1.82) is 0 Å². The van der Waals surface area contributed by atoms with Gasteiger partial charge >= 0.3 is 17.9 Å². The number of methoxy groups -OCH3 is 1. The average molecular weight is 681 g/mol. The summed E-state index contributed by atoms with van der Waals surface area (Å²) < 4.78 is 12.6. The summed E-state index contributed by atoms with van der Waals surface area (Å²) in [6, 6.07) is 11.6. The second-order valence-electron chi connectivity index (χ2n) is 11.5. The van der Waals surface area contributed by atoms with Crippen LogP contribution >= 0.6 is 23.2 Å². The minimum Gasteiger partial charge on any atom is -0.481 e. The Morgan fingerprint density at radius 3 is 2.53 bits per heavy atom. The van der Waals surface area contributed by atoms with Crippen molar-refractivity contribution < 1.29 is 29.0 Å². The number of carbonyl (C=O) groups is 3. The number of esters is 2. The van der Waals surface area contributed by atoms with Gasteiger partial charge in [-0.05, 0) is 36.6 Å². The molecular formula is C34H35Cl2N5O6. The molecule has 0 amide bonds. The van der Waals surface area contributed by atoms with Crippen LogP contribution in [-0.4, -0.2) is 62.3 Å². The molecule has 0 aliphatic carbocycles. The second kappa shape index (κ2) is 14.4. The van der Waals surface area contributed by atoms with E-state index in [1.807, 2.05) is 28.8 Å². The Kier molecular flexibility index (Phi) is 10.4. The van der Waals surface area contributed by atoms with Gasteiger partial charge in [-0.1, -0.05) is 59.6 Å². The molecule has 3 heterocycles. The highest BCUT2D eigenvalue weighted by Gasteiger charge is 2.57. The van der Waals surface area contributed by atoms with Gasteiger partial charge in [0.2, 0.25) is 0 Å². The number of imidazole rings is 2. The van der Waals surface area contributed by atoms with Gasteiger partial charge in [-0.3, -0.25) is 9.59 Å². The van der Waals surface area contributed by atoms with E-state index in [0.29, 0.717) is 17.7 Å². The third-order valence-electron chi connectivity index (χ3n) is 8.82. The van der Waals surface area contributed by atoms with Crippen molar-refractivity contribution in [3.8, 4) is 0 Å². The highest BCUT2D eigenvalue weighted by molar-refractivity contribution is 6.42. The van der Waals surface area contributed by atoms with Crippen LogP contribution in [0.15, 0.2) is 84.8 Å². The fourth-order valence-corrected chi connectivity index (χ4v) is 6.85. The highest BCUT2D eigenvalue weighted by atomic mass is 35.5. The van der Waals surface area contributed by atoms with Crippen molar-refractivity contribution >= 4 is 41.1 Å². The van der Waals surface area contributed by atoms with Crippen molar-refractivity contribution in [2.75, 3.05) is 13.7 Å². The van der Waals surface area contributed by atoms with Crippen LogP contribution in [0.2, 0.25) is 10.0 Å². The summed E-state index contributed by atoms with van der Waals surface area (Å²) in [5.74, 6) is -2.65. The lowest BCUT2D eigenvalue weighted by Crippen LogP contribution is -2.57. The molecule has 13 heteroatoms. The number of carbonyl (C=O) groups excluding carboxylic acids is 2. The Bertz CT molecular complexity index is 1760. The number of hydrogen-bond acceptors (Lipinski definition) is 8. The first kappa shape index (κ1) is 33.7. The van der Waals surface area contributed by atoms with E-state index in [-0.39, 0.29) is 35.1 Å². The fraction of sp³-hybridized carbons (Fsp3) is 0.324. The van der Waals surface area contributed by atoms with Gasteiger partial charge in [-0.2, -0.15) is 0 Å². The van der Waals surface area contributed by atoms with E-state index in [1.54, 1.807) is 63.2 Å². The van der Waals surface area contributed by atoms with Gasteiger partial charge in [0.05, 0.1) is 48.1 Å². The lowest BCUT2D eigenvalue weighted by atomic mass is 9.60. The number of nitrogens with one attached hydrogen (secondary N) is 2. The number of aromatic nitrogens is 4. The van der Waals surface area contributed by atoms with Crippen LogP contribution in [-0.2, 0) is 30.3 Å². The zero-order chi connectivity index (χ0) is 33.7. The molecule has 4 aromatic rings. The number of nitrogens with zero attached hydrogens (tertiary/aromatic N) is 3. The average Bonchev–Trinajstić information content (AvgIpc) is 3.77. The van der Waals surface area contributed by atoms with Gasteiger partial charge < -0.3 is 29.4 Å². The van der Waals surface area contributed by atoms with E-state index in [9.17, 15) is 19.5 Å². The van der Waals surface area contributed by atoms with Crippen molar-refractivity contribution in [2.45, 2.75) is 51.1 Å². The molecule has 5 rings (SSSR count). The molecule has 2 aromatic carbocycles. The number of rotatable bonds is 12.